The summed E-state index contributed by atoms with van der Waals surface area (Å²) in [5.74, 6) is -1.23. The smallest absolute Gasteiger partial charge is 0.337 e. The average Bonchev–Trinajstić information content (AvgIpc) is 3.21. The summed E-state index contributed by atoms with van der Waals surface area (Å²) < 4.78 is 18.2. The fraction of sp³-hybridized carbons (Fsp3) is 0.150. The van der Waals surface area contributed by atoms with Gasteiger partial charge in [0.05, 0.1) is 12.7 Å². The molecular weight excluding hydrogens is 363 g/mol. The molecule has 0 saturated carbocycles. The fourth-order valence-corrected chi connectivity index (χ4v) is 3.26. The van der Waals surface area contributed by atoms with Crippen LogP contribution in [-0.2, 0) is 9.53 Å². The minimum atomic E-state index is -0.841. The lowest BCUT2D eigenvalue weighted by Crippen LogP contribution is -2.37. The maximum Gasteiger partial charge on any atom is 0.337 e. The molecule has 2 heterocycles. The highest BCUT2D eigenvalue weighted by Crippen LogP contribution is 2.38. The van der Waals surface area contributed by atoms with Crippen molar-refractivity contribution in [1.82, 2.24) is 5.43 Å². The van der Waals surface area contributed by atoms with Crippen molar-refractivity contribution >= 4 is 17.6 Å². The molecule has 2 atom stereocenters. The highest BCUT2D eigenvalue weighted by molar-refractivity contribution is 6.17. The van der Waals surface area contributed by atoms with Gasteiger partial charge in [-0.15, -0.1) is 0 Å². The SMILES string of the molecule is COC(=O)C1=C(C(=O)c2ccc(F)cc2)[C@H](c2ccccc2)N=C2NN=N[C@H]21. The van der Waals surface area contributed by atoms with Crippen molar-refractivity contribution in [3.05, 3.63) is 82.7 Å². The molecule has 1 N–H and O–H groups in total. The van der Waals surface area contributed by atoms with Gasteiger partial charge in [-0.1, -0.05) is 35.6 Å². The topological polar surface area (TPSA) is 92.5 Å². The summed E-state index contributed by atoms with van der Waals surface area (Å²) in [7, 11) is 1.23. The first-order valence-electron chi connectivity index (χ1n) is 8.51. The predicted molar refractivity (Wildman–Crippen MR) is 98.2 cm³/mol. The number of nitrogens with zero attached hydrogens (tertiary/aromatic N) is 3. The van der Waals surface area contributed by atoms with E-state index in [0.717, 1.165) is 0 Å². The number of methoxy groups -OCH3 is 1. The van der Waals surface area contributed by atoms with Crippen molar-refractivity contribution in [2.75, 3.05) is 7.11 Å². The quantitative estimate of drug-likeness (QED) is 0.654. The second-order valence-electron chi connectivity index (χ2n) is 6.21. The van der Waals surface area contributed by atoms with Crippen LogP contribution in [0.2, 0.25) is 0 Å². The van der Waals surface area contributed by atoms with E-state index in [1.54, 1.807) is 0 Å². The van der Waals surface area contributed by atoms with Crippen LogP contribution in [0.4, 0.5) is 4.39 Å². The number of ether oxygens (including phenoxy) is 1. The van der Waals surface area contributed by atoms with Crippen molar-refractivity contribution in [2.24, 2.45) is 15.3 Å². The number of hydrogen-bond donors (Lipinski definition) is 1. The zero-order chi connectivity index (χ0) is 19.7. The Morgan fingerprint density at radius 1 is 1.00 bits per heavy atom. The van der Waals surface area contributed by atoms with Gasteiger partial charge in [0.15, 0.2) is 17.7 Å². The third-order valence-electron chi connectivity index (χ3n) is 4.57. The van der Waals surface area contributed by atoms with Crippen LogP contribution in [0.25, 0.3) is 0 Å². The molecule has 2 aliphatic rings. The Morgan fingerprint density at radius 2 is 1.71 bits per heavy atom. The monoisotopic (exact) mass is 378 g/mol. The Balaban J connectivity index is 1.92. The summed E-state index contributed by atoms with van der Waals surface area (Å²) in [5.41, 5.74) is 3.85. The first-order chi connectivity index (χ1) is 13.6. The molecule has 28 heavy (non-hydrogen) atoms. The minimum Gasteiger partial charge on any atom is -0.466 e. The van der Waals surface area contributed by atoms with Crippen molar-refractivity contribution in [3.8, 4) is 0 Å². The molecule has 0 aromatic heterocycles. The molecule has 140 valence electrons. The number of nitrogens with one attached hydrogen (secondary N) is 1. The largest absolute Gasteiger partial charge is 0.466 e. The molecule has 4 rings (SSSR count). The third-order valence-corrected chi connectivity index (χ3v) is 4.57. The van der Waals surface area contributed by atoms with E-state index in [0.29, 0.717) is 11.4 Å². The van der Waals surface area contributed by atoms with Crippen molar-refractivity contribution in [2.45, 2.75) is 12.1 Å². The zero-order valence-corrected chi connectivity index (χ0v) is 14.8. The molecule has 2 aliphatic heterocycles. The lowest BCUT2D eigenvalue weighted by atomic mass is 9.84. The van der Waals surface area contributed by atoms with Gasteiger partial charge in [-0.2, -0.15) is 5.11 Å². The normalized spacial score (nSPS) is 20.3. The van der Waals surface area contributed by atoms with Gasteiger partial charge in [0, 0.05) is 11.1 Å². The van der Waals surface area contributed by atoms with Gasteiger partial charge in [0.2, 0.25) is 0 Å². The van der Waals surface area contributed by atoms with E-state index in [-0.39, 0.29) is 16.7 Å². The van der Waals surface area contributed by atoms with Crippen LogP contribution >= 0.6 is 0 Å². The van der Waals surface area contributed by atoms with Crippen molar-refractivity contribution < 1.29 is 18.7 Å². The number of carbonyl (C=O) groups excluding carboxylic acids is 2. The van der Waals surface area contributed by atoms with Gasteiger partial charge in [-0.3, -0.25) is 9.79 Å². The standard InChI is InChI=1S/C20H15FN4O3/c1-28-20(27)15-14(18(26)12-7-9-13(21)10-8-12)16(11-5-3-2-4-6-11)22-19-17(15)23-25-24-19/h2-10,16-17H,1H3,(H,22,23,24)/t16-,17-/m0/s1. The lowest BCUT2D eigenvalue weighted by molar-refractivity contribution is -0.136. The van der Waals surface area contributed by atoms with Crippen LogP contribution in [0, 0.1) is 5.82 Å². The van der Waals surface area contributed by atoms with Crippen LogP contribution in [0.3, 0.4) is 0 Å². The van der Waals surface area contributed by atoms with Crippen LogP contribution < -0.4 is 5.43 Å². The lowest BCUT2D eigenvalue weighted by Gasteiger charge is -2.26. The molecule has 2 aromatic carbocycles. The number of halogens is 1. The number of benzene rings is 2. The number of amidine groups is 1. The summed E-state index contributed by atoms with van der Waals surface area (Å²) in [6.07, 6.45) is 0. The van der Waals surface area contributed by atoms with E-state index in [4.69, 9.17) is 4.74 Å². The summed E-state index contributed by atoms with van der Waals surface area (Å²) in [6.45, 7) is 0. The van der Waals surface area contributed by atoms with E-state index in [1.165, 1.54) is 31.4 Å². The summed E-state index contributed by atoms with van der Waals surface area (Å²) in [5, 5.41) is 7.73. The second-order valence-corrected chi connectivity index (χ2v) is 6.21. The molecule has 0 amide bonds. The number of ketones is 1. The number of carbonyl (C=O) groups is 2. The number of Topliss-reactive ketones (excluding diaryl/α,β-unsaturated/α-hetero) is 1. The van der Waals surface area contributed by atoms with Gasteiger partial charge < -0.3 is 4.74 Å². The molecule has 7 nitrogen and oxygen atoms in total. The van der Waals surface area contributed by atoms with E-state index in [9.17, 15) is 14.0 Å². The van der Waals surface area contributed by atoms with E-state index in [1.807, 2.05) is 30.3 Å². The summed E-state index contributed by atoms with van der Waals surface area (Å²) in [6, 6.07) is 12.6. The number of rotatable bonds is 4. The molecule has 0 fully saturated rings. The number of aliphatic imine (C=N–C) groups is 1. The van der Waals surface area contributed by atoms with Crippen molar-refractivity contribution in [3.63, 3.8) is 0 Å². The van der Waals surface area contributed by atoms with Gasteiger partial charge in [0.25, 0.3) is 0 Å². The van der Waals surface area contributed by atoms with Crippen LogP contribution in [0.5, 0.6) is 0 Å². The van der Waals surface area contributed by atoms with E-state index < -0.39 is 29.7 Å². The molecule has 0 radical (unpaired) electrons. The van der Waals surface area contributed by atoms with Gasteiger partial charge in [-0.25, -0.2) is 14.6 Å². The minimum absolute atomic E-state index is 0.0735. The number of hydrogen-bond acceptors (Lipinski definition) is 7. The van der Waals surface area contributed by atoms with Crippen LogP contribution in [-0.4, -0.2) is 30.7 Å². The number of esters is 1. The van der Waals surface area contributed by atoms with Gasteiger partial charge >= 0.3 is 5.97 Å². The molecule has 8 heteroatoms. The molecule has 0 unspecified atom stereocenters. The molecule has 0 spiro atoms. The third kappa shape index (κ3) is 2.98. The van der Waals surface area contributed by atoms with Crippen LogP contribution in [0.15, 0.2) is 81.1 Å². The average molecular weight is 378 g/mol. The Hall–Kier alpha value is -3.68. The Labute approximate surface area is 159 Å². The van der Waals surface area contributed by atoms with Gasteiger partial charge in [0.1, 0.15) is 11.9 Å². The van der Waals surface area contributed by atoms with Crippen molar-refractivity contribution in [1.29, 1.82) is 0 Å². The molecule has 2 aromatic rings. The fourth-order valence-electron chi connectivity index (χ4n) is 3.26. The Kier molecular flexibility index (Phi) is 4.52. The molecule has 0 bridgehead atoms. The summed E-state index contributed by atoms with van der Waals surface area (Å²) in [4.78, 5) is 30.6. The highest BCUT2D eigenvalue weighted by Gasteiger charge is 2.42. The highest BCUT2D eigenvalue weighted by atomic mass is 19.1. The first-order valence-corrected chi connectivity index (χ1v) is 8.51. The Bertz CT molecular complexity index is 1030. The molecular formula is C20H15FN4O3. The first kappa shape index (κ1) is 17.7. The number of dihydropyridines is 1. The van der Waals surface area contributed by atoms with Crippen LogP contribution in [0.1, 0.15) is 22.0 Å². The second kappa shape index (κ2) is 7.15. The number of fused-ring (bicyclic) bond motifs is 1. The molecule has 0 aliphatic carbocycles. The van der Waals surface area contributed by atoms with Gasteiger partial charge in [-0.05, 0) is 29.8 Å². The summed E-state index contributed by atoms with van der Waals surface area (Å²) >= 11 is 0. The zero-order valence-electron chi connectivity index (χ0n) is 14.8. The maximum atomic E-state index is 13.4. The van der Waals surface area contributed by atoms with E-state index in [2.05, 4.69) is 20.8 Å². The van der Waals surface area contributed by atoms with E-state index >= 15 is 0 Å². The Morgan fingerprint density at radius 3 is 2.39 bits per heavy atom. The molecule has 0 saturated heterocycles. The maximum absolute atomic E-state index is 13.4. The predicted octanol–water partition coefficient (Wildman–Crippen LogP) is 2.97.